The largest absolute Gasteiger partial charge is 0.326 e. The van der Waals surface area contributed by atoms with Crippen molar-refractivity contribution in [3.63, 3.8) is 0 Å². The summed E-state index contributed by atoms with van der Waals surface area (Å²) < 4.78 is 0. The molecule has 4 heteroatoms. The van der Waals surface area contributed by atoms with E-state index in [1.54, 1.807) is 6.20 Å². The van der Waals surface area contributed by atoms with Gasteiger partial charge in [0, 0.05) is 23.3 Å². The highest BCUT2D eigenvalue weighted by Gasteiger charge is 2.27. The van der Waals surface area contributed by atoms with Gasteiger partial charge in [-0.15, -0.1) is 0 Å². The standard InChI is InChI=1S/C17H22ClN3/c1-12(19)17(16-10-6-7-11-20-16)21(3)13(2)14-8-4-5-9-15(14)18/h4-13,17H,19H2,1-3H3. The van der Waals surface area contributed by atoms with E-state index >= 15 is 0 Å². The van der Waals surface area contributed by atoms with Gasteiger partial charge in [0.2, 0.25) is 0 Å². The summed E-state index contributed by atoms with van der Waals surface area (Å²) in [6, 6.07) is 14.0. The average Bonchev–Trinajstić information content (AvgIpc) is 2.48. The predicted molar refractivity (Wildman–Crippen MR) is 88.3 cm³/mol. The van der Waals surface area contributed by atoms with Crippen molar-refractivity contribution >= 4 is 11.6 Å². The Balaban J connectivity index is 2.31. The smallest absolute Gasteiger partial charge is 0.0673 e. The molecular formula is C17H22ClN3. The lowest BCUT2D eigenvalue weighted by atomic mass is 10.00. The summed E-state index contributed by atoms with van der Waals surface area (Å²) in [6.07, 6.45) is 1.80. The van der Waals surface area contributed by atoms with E-state index < -0.39 is 0 Å². The van der Waals surface area contributed by atoms with E-state index in [1.165, 1.54) is 0 Å². The third-order valence-electron chi connectivity index (χ3n) is 3.89. The van der Waals surface area contributed by atoms with Crippen LogP contribution in [0.15, 0.2) is 48.7 Å². The van der Waals surface area contributed by atoms with Crippen LogP contribution in [0.4, 0.5) is 0 Å². The zero-order chi connectivity index (χ0) is 15.4. The number of rotatable bonds is 5. The molecule has 0 saturated carbocycles. The van der Waals surface area contributed by atoms with Crippen LogP contribution in [0.3, 0.4) is 0 Å². The highest BCUT2D eigenvalue weighted by atomic mass is 35.5. The fourth-order valence-electron chi connectivity index (χ4n) is 2.67. The normalized spacial score (nSPS) is 15.7. The lowest BCUT2D eigenvalue weighted by Gasteiger charge is -2.35. The summed E-state index contributed by atoms with van der Waals surface area (Å²) in [7, 11) is 2.07. The van der Waals surface area contributed by atoms with Crippen molar-refractivity contribution < 1.29 is 0 Å². The van der Waals surface area contributed by atoms with Crippen molar-refractivity contribution in [3.8, 4) is 0 Å². The zero-order valence-electron chi connectivity index (χ0n) is 12.7. The third-order valence-corrected chi connectivity index (χ3v) is 4.24. The Labute approximate surface area is 131 Å². The molecule has 2 rings (SSSR count). The van der Waals surface area contributed by atoms with E-state index in [-0.39, 0.29) is 18.1 Å². The summed E-state index contributed by atoms with van der Waals surface area (Å²) in [4.78, 5) is 6.70. The van der Waals surface area contributed by atoms with Crippen molar-refractivity contribution in [2.75, 3.05) is 7.05 Å². The number of likely N-dealkylation sites (N-methyl/N-ethyl adjacent to an activating group) is 1. The highest BCUT2D eigenvalue weighted by Crippen LogP contribution is 2.32. The molecule has 0 bridgehead atoms. The summed E-state index contributed by atoms with van der Waals surface area (Å²) in [5.41, 5.74) is 8.29. The molecule has 112 valence electrons. The maximum Gasteiger partial charge on any atom is 0.0673 e. The molecule has 0 spiro atoms. The predicted octanol–water partition coefficient (Wildman–Crippen LogP) is 3.82. The molecule has 0 amide bonds. The number of nitrogens with zero attached hydrogens (tertiary/aromatic N) is 2. The first kappa shape index (κ1) is 16.0. The molecule has 1 aromatic carbocycles. The van der Waals surface area contributed by atoms with Crippen LogP contribution in [0.2, 0.25) is 5.02 Å². The Bertz CT molecular complexity index is 571. The van der Waals surface area contributed by atoms with Crippen molar-refractivity contribution in [1.29, 1.82) is 0 Å². The SMILES string of the molecule is CC(N)C(c1ccccn1)N(C)C(C)c1ccccc1Cl. The Morgan fingerprint density at radius 1 is 1.10 bits per heavy atom. The van der Waals surface area contributed by atoms with Crippen molar-refractivity contribution in [2.45, 2.75) is 32.0 Å². The second-order valence-corrected chi connectivity index (χ2v) is 5.83. The van der Waals surface area contributed by atoms with Gasteiger partial charge in [0.25, 0.3) is 0 Å². The number of nitrogens with two attached hydrogens (primary N) is 1. The summed E-state index contributed by atoms with van der Waals surface area (Å²) >= 11 is 6.32. The van der Waals surface area contributed by atoms with Gasteiger partial charge in [-0.1, -0.05) is 35.9 Å². The van der Waals surface area contributed by atoms with Crippen LogP contribution in [0, 0.1) is 0 Å². The molecule has 1 heterocycles. The van der Waals surface area contributed by atoms with E-state index in [1.807, 2.05) is 43.3 Å². The minimum atomic E-state index is -0.0326. The number of aromatic nitrogens is 1. The first-order chi connectivity index (χ1) is 10.0. The Morgan fingerprint density at radius 2 is 1.76 bits per heavy atom. The van der Waals surface area contributed by atoms with Gasteiger partial charge in [0.15, 0.2) is 0 Å². The lowest BCUT2D eigenvalue weighted by Crippen LogP contribution is -2.39. The van der Waals surface area contributed by atoms with Gasteiger partial charge in [0.05, 0.1) is 11.7 Å². The van der Waals surface area contributed by atoms with Crippen molar-refractivity contribution in [2.24, 2.45) is 5.73 Å². The fourth-order valence-corrected chi connectivity index (χ4v) is 2.97. The first-order valence-corrected chi connectivity index (χ1v) is 7.53. The van der Waals surface area contributed by atoms with Gasteiger partial charge in [-0.3, -0.25) is 9.88 Å². The molecule has 3 nitrogen and oxygen atoms in total. The molecule has 0 saturated heterocycles. The van der Waals surface area contributed by atoms with Gasteiger partial charge in [-0.2, -0.15) is 0 Å². The molecule has 1 aromatic heterocycles. The Morgan fingerprint density at radius 3 is 2.33 bits per heavy atom. The van der Waals surface area contributed by atoms with Crippen molar-refractivity contribution in [3.05, 3.63) is 64.9 Å². The molecule has 21 heavy (non-hydrogen) atoms. The molecule has 0 aliphatic carbocycles. The van der Waals surface area contributed by atoms with E-state index in [0.717, 1.165) is 16.3 Å². The Kier molecular flexibility index (Phi) is 5.34. The van der Waals surface area contributed by atoms with Crippen LogP contribution in [-0.2, 0) is 0 Å². The lowest BCUT2D eigenvalue weighted by molar-refractivity contribution is 0.162. The first-order valence-electron chi connectivity index (χ1n) is 7.15. The zero-order valence-corrected chi connectivity index (χ0v) is 13.5. The molecular weight excluding hydrogens is 282 g/mol. The maximum atomic E-state index is 6.32. The van der Waals surface area contributed by atoms with Crippen LogP contribution in [0.25, 0.3) is 0 Å². The van der Waals surface area contributed by atoms with Gasteiger partial charge < -0.3 is 5.73 Å². The summed E-state index contributed by atoms with van der Waals surface area (Å²) in [5.74, 6) is 0. The number of benzene rings is 1. The second kappa shape index (κ2) is 7.03. The molecule has 3 atom stereocenters. The van der Waals surface area contributed by atoms with Crippen LogP contribution in [-0.4, -0.2) is 23.0 Å². The molecule has 3 unspecified atom stereocenters. The molecule has 0 aliphatic heterocycles. The van der Waals surface area contributed by atoms with E-state index in [9.17, 15) is 0 Å². The highest BCUT2D eigenvalue weighted by molar-refractivity contribution is 6.31. The van der Waals surface area contributed by atoms with Crippen LogP contribution in [0.5, 0.6) is 0 Å². The second-order valence-electron chi connectivity index (χ2n) is 5.42. The Hall–Kier alpha value is -1.42. The summed E-state index contributed by atoms with van der Waals surface area (Å²) in [5, 5.41) is 0.779. The van der Waals surface area contributed by atoms with E-state index in [4.69, 9.17) is 17.3 Å². The van der Waals surface area contributed by atoms with Crippen molar-refractivity contribution in [1.82, 2.24) is 9.88 Å². The molecule has 0 fully saturated rings. The minimum absolute atomic E-state index is 0.0326. The molecule has 0 aliphatic rings. The summed E-state index contributed by atoms with van der Waals surface area (Å²) in [6.45, 7) is 4.15. The van der Waals surface area contributed by atoms with Gasteiger partial charge in [0.1, 0.15) is 0 Å². The van der Waals surface area contributed by atoms with Gasteiger partial charge in [-0.25, -0.2) is 0 Å². The number of hydrogen-bond donors (Lipinski definition) is 1. The van der Waals surface area contributed by atoms with Crippen LogP contribution >= 0.6 is 11.6 Å². The van der Waals surface area contributed by atoms with Gasteiger partial charge >= 0.3 is 0 Å². The van der Waals surface area contributed by atoms with E-state index in [2.05, 4.69) is 29.9 Å². The number of pyridine rings is 1. The van der Waals surface area contributed by atoms with Gasteiger partial charge in [-0.05, 0) is 44.7 Å². The van der Waals surface area contributed by atoms with Crippen LogP contribution < -0.4 is 5.73 Å². The quantitative estimate of drug-likeness (QED) is 0.913. The van der Waals surface area contributed by atoms with E-state index in [0.29, 0.717) is 0 Å². The molecule has 0 radical (unpaired) electrons. The fraction of sp³-hybridized carbons (Fsp3) is 0.353. The monoisotopic (exact) mass is 303 g/mol. The third kappa shape index (κ3) is 3.62. The number of halogens is 1. The topological polar surface area (TPSA) is 42.1 Å². The number of hydrogen-bond acceptors (Lipinski definition) is 3. The average molecular weight is 304 g/mol. The minimum Gasteiger partial charge on any atom is -0.326 e. The molecule has 2 N–H and O–H groups in total. The molecule has 2 aromatic rings. The van der Waals surface area contributed by atoms with Crippen LogP contribution in [0.1, 0.15) is 37.2 Å². The maximum absolute atomic E-state index is 6.32.